The number of rotatable bonds is 4. The number of benzene rings is 1. The molecule has 1 aromatic rings. The van der Waals surface area contributed by atoms with E-state index < -0.39 is 0 Å². The van der Waals surface area contributed by atoms with E-state index in [1.165, 1.54) is 0 Å². The molecular formula is C11H12BrClINO. The Balaban J connectivity index is 2.69. The summed E-state index contributed by atoms with van der Waals surface area (Å²) < 4.78 is 1.83. The van der Waals surface area contributed by atoms with Crippen molar-refractivity contribution in [3.8, 4) is 0 Å². The van der Waals surface area contributed by atoms with E-state index in [9.17, 15) is 4.79 Å². The van der Waals surface area contributed by atoms with Crippen LogP contribution in [0.2, 0.25) is 0 Å². The monoisotopic (exact) mass is 415 g/mol. The van der Waals surface area contributed by atoms with Crippen molar-refractivity contribution in [2.75, 3.05) is 6.54 Å². The van der Waals surface area contributed by atoms with Crippen LogP contribution >= 0.6 is 50.1 Å². The van der Waals surface area contributed by atoms with Crippen molar-refractivity contribution in [3.63, 3.8) is 0 Å². The van der Waals surface area contributed by atoms with Crippen LogP contribution in [0.1, 0.15) is 23.7 Å². The van der Waals surface area contributed by atoms with Gasteiger partial charge < -0.3 is 5.32 Å². The van der Waals surface area contributed by atoms with Crippen LogP contribution in [0.15, 0.2) is 22.7 Å². The van der Waals surface area contributed by atoms with Crippen LogP contribution in [0.5, 0.6) is 0 Å². The van der Waals surface area contributed by atoms with Gasteiger partial charge in [0.05, 0.1) is 10.9 Å². The molecule has 1 unspecified atom stereocenters. The molecule has 1 amide bonds. The Morgan fingerprint density at radius 1 is 1.62 bits per heavy atom. The van der Waals surface area contributed by atoms with E-state index >= 15 is 0 Å². The number of carbonyl (C=O) groups is 1. The van der Waals surface area contributed by atoms with Crippen LogP contribution in [-0.4, -0.2) is 17.8 Å². The van der Waals surface area contributed by atoms with Gasteiger partial charge in [0.1, 0.15) is 0 Å². The Hall–Kier alpha value is 0.190. The molecule has 0 aliphatic rings. The molecule has 2 nitrogen and oxygen atoms in total. The molecule has 0 heterocycles. The molecule has 0 saturated carbocycles. The normalized spacial score (nSPS) is 12.2. The molecular weight excluding hydrogens is 404 g/mol. The minimum absolute atomic E-state index is 0.00879. The van der Waals surface area contributed by atoms with Crippen molar-refractivity contribution in [2.45, 2.75) is 18.7 Å². The van der Waals surface area contributed by atoms with Crippen LogP contribution < -0.4 is 5.32 Å². The first-order valence-electron chi connectivity index (χ1n) is 4.92. The van der Waals surface area contributed by atoms with Crippen molar-refractivity contribution < 1.29 is 4.79 Å². The molecule has 0 aliphatic heterocycles. The number of carbonyl (C=O) groups excluding carboxylic acids is 1. The Morgan fingerprint density at radius 2 is 2.31 bits per heavy atom. The molecule has 1 atom stereocenters. The van der Waals surface area contributed by atoms with E-state index in [-0.39, 0.29) is 11.3 Å². The van der Waals surface area contributed by atoms with Crippen LogP contribution in [0.4, 0.5) is 0 Å². The SMILES string of the molecule is CCC(Cl)CNC(=O)c1cc(I)ccc1Br. The van der Waals surface area contributed by atoms with Gasteiger partial charge in [-0.2, -0.15) is 0 Å². The summed E-state index contributed by atoms with van der Waals surface area (Å²) in [5.74, 6) is -0.0931. The summed E-state index contributed by atoms with van der Waals surface area (Å²) >= 11 is 11.5. The highest BCUT2D eigenvalue weighted by atomic mass is 127. The van der Waals surface area contributed by atoms with Crippen molar-refractivity contribution in [1.29, 1.82) is 0 Å². The van der Waals surface area contributed by atoms with Gasteiger partial charge in [0, 0.05) is 14.6 Å². The topological polar surface area (TPSA) is 29.1 Å². The lowest BCUT2D eigenvalue weighted by atomic mass is 10.2. The van der Waals surface area contributed by atoms with Crippen molar-refractivity contribution in [3.05, 3.63) is 31.8 Å². The molecule has 0 aromatic heterocycles. The lowest BCUT2D eigenvalue weighted by Crippen LogP contribution is -2.29. The second-order valence-electron chi connectivity index (χ2n) is 3.34. The van der Waals surface area contributed by atoms with Gasteiger partial charge in [-0.3, -0.25) is 4.79 Å². The molecule has 88 valence electrons. The number of hydrogen-bond acceptors (Lipinski definition) is 1. The fourth-order valence-corrected chi connectivity index (χ4v) is 2.11. The summed E-state index contributed by atoms with van der Waals surface area (Å²) in [6.45, 7) is 2.49. The zero-order valence-electron chi connectivity index (χ0n) is 8.77. The smallest absolute Gasteiger partial charge is 0.252 e. The van der Waals surface area contributed by atoms with Gasteiger partial charge in [-0.15, -0.1) is 11.6 Å². The maximum absolute atomic E-state index is 11.8. The molecule has 16 heavy (non-hydrogen) atoms. The highest BCUT2D eigenvalue weighted by molar-refractivity contribution is 14.1. The summed E-state index contributed by atoms with van der Waals surface area (Å²) in [7, 11) is 0. The van der Waals surface area contributed by atoms with Gasteiger partial charge in [0.15, 0.2) is 0 Å². The van der Waals surface area contributed by atoms with Crippen LogP contribution in [0, 0.1) is 3.57 Å². The van der Waals surface area contributed by atoms with Crippen molar-refractivity contribution >= 4 is 56.0 Å². The third-order valence-electron chi connectivity index (χ3n) is 2.10. The van der Waals surface area contributed by atoms with E-state index in [0.717, 1.165) is 14.5 Å². The Bertz CT molecular complexity index is 386. The first-order chi connectivity index (χ1) is 7.54. The molecule has 0 bridgehead atoms. The highest BCUT2D eigenvalue weighted by Crippen LogP contribution is 2.19. The third kappa shape index (κ3) is 4.22. The first kappa shape index (κ1) is 14.3. The first-order valence-corrected chi connectivity index (χ1v) is 7.22. The standard InChI is InChI=1S/C11H12BrClINO/c1-2-7(13)6-15-11(16)9-5-8(14)3-4-10(9)12/h3-5,7H,2,6H2,1H3,(H,15,16). The number of hydrogen-bond donors (Lipinski definition) is 1. The second kappa shape index (κ2) is 6.81. The number of amides is 1. The molecule has 1 N–H and O–H groups in total. The fourth-order valence-electron chi connectivity index (χ4n) is 1.11. The summed E-state index contributed by atoms with van der Waals surface area (Å²) in [6, 6.07) is 5.65. The molecule has 0 saturated heterocycles. The second-order valence-corrected chi connectivity index (χ2v) is 6.06. The zero-order valence-corrected chi connectivity index (χ0v) is 13.3. The molecule has 0 fully saturated rings. The summed E-state index contributed by atoms with van der Waals surface area (Å²) in [4.78, 5) is 11.8. The summed E-state index contributed by atoms with van der Waals surface area (Å²) in [6.07, 6.45) is 0.843. The van der Waals surface area contributed by atoms with Crippen molar-refractivity contribution in [2.24, 2.45) is 0 Å². The molecule has 5 heteroatoms. The van der Waals surface area contributed by atoms with Gasteiger partial charge in [-0.1, -0.05) is 6.92 Å². The summed E-state index contributed by atoms with van der Waals surface area (Å²) in [5, 5.41) is 2.80. The van der Waals surface area contributed by atoms with Crippen LogP contribution in [-0.2, 0) is 0 Å². The van der Waals surface area contributed by atoms with Crippen molar-refractivity contribution in [1.82, 2.24) is 5.32 Å². The van der Waals surface area contributed by atoms with Gasteiger partial charge in [0.25, 0.3) is 5.91 Å². The lowest BCUT2D eigenvalue weighted by molar-refractivity contribution is 0.0952. The van der Waals surface area contributed by atoms with E-state index in [0.29, 0.717) is 12.1 Å². The lowest BCUT2D eigenvalue weighted by Gasteiger charge is -2.09. The number of nitrogens with one attached hydrogen (secondary N) is 1. The highest BCUT2D eigenvalue weighted by Gasteiger charge is 2.11. The third-order valence-corrected chi connectivity index (χ3v) is 3.93. The molecule has 1 rings (SSSR count). The summed E-state index contributed by atoms with van der Waals surface area (Å²) in [5.41, 5.74) is 0.645. The molecule has 1 aromatic carbocycles. The van der Waals surface area contributed by atoms with E-state index in [4.69, 9.17) is 11.6 Å². The van der Waals surface area contributed by atoms with Gasteiger partial charge in [0.2, 0.25) is 0 Å². The van der Waals surface area contributed by atoms with Crippen LogP contribution in [0.3, 0.4) is 0 Å². The average molecular weight is 416 g/mol. The molecule has 0 aliphatic carbocycles. The number of halogens is 3. The van der Waals surface area contributed by atoms with E-state index in [1.54, 1.807) is 0 Å². The van der Waals surface area contributed by atoms with Gasteiger partial charge in [-0.05, 0) is 63.1 Å². The van der Waals surface area contributed by atoms with Gasteiger partial charge in [-0.25, -0.2) is 0 Å². The zero-order chi connectivity index (χ0) is 12.1. The quantitative estimate of drug-likeness (QED) is 0.587. The Labute approximate surface area is 122 Å². The predicted molar refractivity (Wildman–Crippen MR) is 79.1 cm³/mol. The largest absolute Gasteiger partial charge is 0.351 e. The minimum atomic E-state index is -0.0931. The fraction of sp³-hybridized carbons (Fsp3) is 0.364. The van der Waals surface area contributed by atoms with Crippen LogP contribution in [0.25, 0.3) is 0 Å². The van der Waals surface area contributed by atoms with Gasteiger partial charge >= 0.3 is 0 Å². The molecule has 0 spiro atoms. The maximum Gasteiger partial charge on any atom is 0.252 e. The van der Waals surface area contributed by atoms with E-state index in [2.05, 4.69) is 43.8 Å². The Kier molecular flexibility index (Phi) is 6.07. The molecule has 0 radical (unpaired) electrons. The minimum Gasteiger partial charge on any atom is -0.351 e. The predicted octanol–water partition coefficient (Wildman–Crippen LogP) is 3.80. The maximum atomic E-state index is 11.8. The average Bonchev–Trinajstić information content (AvgIpc) is 2.28. The number of alkyl halides is 1. The van der Waals surface area contributed by atoms with E-state index in [1.807, 2.05) is 25.1 Å². The Morgan fingerprint density at radius 3 is 2.94 bits per heavy atom.